The van der Waals surface area contributed by atoms with Gasteiger partial charge in [-0.15, -0.1) is 0 Å². The lowest BCUT2D eigenvalue weighted by Crippen LogP contribution is -2.42. The summed E-state index contributed by atoms with van der Waals surface area (Å²) in [6, 6.07) is 5.94. The van der Waals surface area contributed by atoms with Crippen LogP contribution < -0.4 is 5.32 Å². The molecule has 0 radical (unpaired) electrons. The highest BCUT2D eigenvalue weighted by atomic mass is 32.5. The van der Waals surface area contributed by atoms with Crippen LogP contribution in [0.2, 0.25) is 0 Å². The standard InChI is InChI=1S/C17H17F5N2O3S/c1-27-17(26)15(24-16(25)14-4-2-3-11-23-14)10-7-12-5-8-13(9-6-12)28(18,19,20,21)22/h2-6,8-9,11,15H,7,10H2,1H3,(H,24,25)/t15-/m0/s1. The van der Waals surface area contributed by atoms with Gasteiger partial charge in [-0.05, 0) is 42.7 Å². The average molecular weight is 424 g/mol. The van der Waals surface area contributed by atoms with Gasteiger partial charge in [-0.25, -0.2) is 4.79 Å². The van der Waals surface area contributed by atoms with Crippen molar-refractivity contribution in [1.29, 1.82) is 0 Å². The first-order valence-electron chi connectivity index (χ1n) is 7.93. The monoisotopic (exact) mass is 424 g/mol. The van der Waals surface area contributed by atoms with Crippen LogP contribution in [0.15, 0.2) is 53.6 Å². The molecule has 0 saturated heterocycles. The summed E-state index contributed by atoms with van der Waals surface area (Å²) in [5.74, 6) is -1.39. The Morgan fingerprint density at radius 2 is 1.71 bits per heavy atom. The van der Waals surface area contributed by atoms with Crippen molar-refractivity contribution in [2.45, 2.75) is 23.8 Å². The van der Waals surface area contributed by atoms with Gasteiger partial charge in [0, 0.05) is 6.20 Å². The Balaban J connectivity index is 2.08. The molecule has 1 atom stereocenters. The fourth-order valence-electron chi connectivity index (χ4n) is 2.34. The number of hydrogen-bond donors (Lipinski definition) is 1. The van der Waals surface area contributed by atoms with Gasteiger partial charge in [0.1, 0.15) is 16.6 Å². The molecule has 1 N–H and O–H groups in total. The largest absolute Gasteiger partial charge is 0.467 e. The van der Waals surface area contributed by atoms with Crippen molar-refractivity contribution in [3.63, 3.8) is 0 Å². The lowest BCUT2D eigenvalue weighted by Gasteiger charge is -2.40. The van der Waals surface area contributed by atoms with Crippen molar-refractivity contribution >= 4 is 22.1 Å². The molecule has 154 valence electrons. The minimum absolute atomic E-state index is 0.0129. The van der Waals surface area contributed by atoms with Gasteiger partial charge in [-0.1, -0.05) is 37.6 Å². The number of carbonyl (C=O) groups is 2. The molecule has 0 unspecified atom stereocenters. The number of nitrogens with zero attached hydrogens (tertiary/aromatic N) is 1. The van der Waals surface area contributed by atoms with Crippen molar-refractivity contribution in [1.82, 2.24) is 10.3 Å². The highest BCUT2D eigenvalue weighted by Gasteiger charge is 2.65. The quantitative estimate of drug-likeness (QED) is 0.519. The number of nitrogens with one attached hydrogen (secondary N) is 1. The molecule has 0 spiro atoms. The highest BCUT2D eigenvalue weighted by molar-refractivity contribution is 8.45. The molecule has 1 heterocycles. The van der Waals surface area contributed by atoms with Gasteiger partial charge in [0.2, 0.25) is 0 Å². The number of halogens is 5. The number of rotatable bonds is 7. The van der Waals surface area contributed by atoms with E-state index in [4.69, 9.17) is 0 Å². The summed E-state index contributed by atoms with van der Waals surface area (Å²) >= 11 is 0. The third kappa shape index (κ3) is 5.91. The zero-order chi connectivity index (χ0) is 21.1. The number of aromatic nitrogens is 1. The molecule has 1 aromatic heterocycles. The van der Waals surface area contributed by atoms with Gasteiger partial charge < -0.3 is 10.1 Å². The van der Waals surface area contributed by atoms with Crippen molar-refractivity contribution in [3.05, 3.63) is 59.9 Å². The summed E-state index contributed by atoms with van der Waals surface area (Å²) in [5, 5.41) is 2.43. The molecule has 1 aromatic carbocycles. The fourth-order valence-corrected chi connectivity index (χ4v) is 3.00. The molecule has 0 bridgehead atoms. The molecule has 0 aliphatic rings. The zero-order valence-corrected chi connectivity index (χ0v) is 15.4. The lowest BCUT2D eigenvalue weighted by molar-refractivity contribution is -0.143. The van der Waals surface area contributed by atoms with Crippen LogP contribution in [-0.2, 0) is 16.0 Å². The first-order valence-corrected chi connectivity index (χ1v) is 9.88. The third-order valence-corrected chi connectivity index (χ3v) is 4.94. The predicted molar refractivity (Wildman–Crippen MR) is 93.7 cm³/mol. The number of aryl methyl sites for hydroxylation is 1. The molecule has 2 aromatic rings. The second-order valence-corrected chi connectivity index (χ2v) is 8.33. The molecule has 11 heteroatoms. The van der Waals surface area contributed by atoms with Gasteiger partial charge in [-0.3, -0.25) is 9.78 Å². The van der Waals surface area contributed by atoms with E-state index in [1.165, 1.54) is 12.3 Å². The van der Waals surface area contributed by atoms with E-state index in [1.807, 2.05) is 0 Å². The van der Waals surface area contributed by atoms with Gasteiger partial charge in [0.05, 0.1) is 7.11 Å². The Labute approximate surface area is 157 Å². The molecule has 2 rings (SSSR count). The first-order chi connectivity index (χ1) is 12.8. The van der Waals surface area contributed by atoms with Crippen molar-refractivity contribution in [3.8, 4) is 0 Å². The summed E-state index contributed by atoms with van der Waals surface area (Å²) in [5.41, 5.74) is 0.350. The Kier molecular flexibility index (Phi) is 5.43. The molecule has 0 aliphatic heterocycles. The summed E-state index contributed by atoms with van der Waals surface area (Å²) in [7, 11) is -8.61. The van der Waals surface area contributed by atoms with Gasteiger partial charge in [0.15, 0.2) is 0 Å². The number of methoxy groups -OCH3 is 1. The fraction of sp³-hybridized carbons (Fsp3) is 0.235. The number of carbonyl (C=O) groups excluding carboxylic acids is 2. The number of hydrogen-bond acceptors (Lipinski definition) is 4. The maximum absolute atomic E-state index is 12.7. The van der Waals surface area contributed by atoms with Crippen molar-refractivity contribution in [2.75, 3.05) is 7.11 Å². The molecule has 1 amide bonds. The maximum atomic E-state index is 12.7. The van der Waals surface area contributed by atoms with Crippen molar-refractivity contribution < 1.29 is 33.8 Å². The number of pyridine rings is 1. The Morgan fingerprint density at radius 1 is 1.07 bits per heavy atom. The Morgan fingerprint density at radius 3 is 2.21 bits per heavy atom. The van der Waals surface area contributed by atoms with E-state index in [1.54, 1.807) is 12.1 Å². The molecule has 0 aliphatic carbocycles. The van der Waals surface area contributed by atoms with Crippen LogP contribution in [0.25, 0.3) is 0 Å². The summed E-state index contributed by atoms with van der Waals surface area (Å²) in [4.78, 5) is 25.8. The molecular formula is C17H17F5N2O3S. The molecule has 0 saturated carbocycles. The molecule has 0 fully saturated rings. The van der Waals surface area contributed by atoms with Gasteiger partial charge in [-0.2, -0.15) is 0 Å². The predicted octanol–water partition coefficient (Wildman–Crippen LogP) is 4.64. The van der Waals surface area contributed by atoms with E-state index in [0.717, 1.165) is 19.2 Å². The topological polar surface area (TPSA) is 68.3 Å². The van der Waals surface area contributed by atoms with Crippen LogP contribution in [-0.4, -0.2) is 30.0 Å². The second-order valence-electron chi connectivity index (χ2n) is 5.92. The molecule has 5 nitrogen and oxygen atoms in total. The van der Waals surface area contributed by atoms with Crippen LogP contribution in [0, 0.1) is 0 Å². The third-order valence-electron chi connectivity index (χ3n) is 3.78. The lowest BCUT2D eigenvalue weighted by atomic mass is 10.1. The number of ether oxygens (including phenoxy) is 1. The van der Waals surface area contributed by atoms with Crippen LogP contribution >= 0.6 is 10.2 Å². The second kappa shape index (κ2) is 7.04. The summed E-state index contributed by atoms with van der Waals surface area (Å²) < 4.78 is 68.3. The average Bonchev–Trinajstić information content (AvgIpc) is 2.63. The minimum Gasteiger partial charge on any atom is -0.467 e. The Bertz CT molecular complexity index is 859. The normalized spacial score (nSPS) is 15.1. The van der Waals surface area contributed by atoms with E-state index in [-0.39, 0.29) is 24.1 Å². The molecule has 28 heavy (non-hydrogen) atoms. The zero-order valence-electron chi connectivity index (χ0n) is 14.6. The summed E-state index contributed by atoms with van der Waals surface area (Å²) in [6.45, 7) is 0. The number of esters is 1. The Hall–Kier alpha value is -2.69. The van der Waals surface area contributed by atoms with Crippen LogP contribution in [0.3, 0.4) is 0 Å². The van der Waals surface area contributed by atoms with E-state index < -0.39 is 33.0 Å². The van der Waals surface area contributed by atoms with E-state index >= 15 is 0 Å². The smallest absolute Gasteiger partial charge is 0.328 e. The van der Waals surface area contributed by atoms with E-state index in [0.29, 0.717) is 12.1 Å². The van der Waals surface area contributed by atoms with Crippen molar-refractivity contribution in [2.24, 2.45) is 0 Å². The van der Waals surface area contributed by atoms with Crippen LogP contribution in [0.4, 0.5) is 19.4 Å². The first kappa shape index (κ1) is 21.6. The van der Waals surface area contributed by atoms with Gasteiger partial charge >= 0.3 is 16.2 Å². The maximum Gasteiger partial charge on any atom is 0.328 e. The SMILES string of the molecule is COC(=O)[C@H](CCc1ccc(S(F)(F)(F)(F)F)cc1)NC(=O)c1ccccn1. The van der Waals surface area contributed by atoms with E-state index in [2.05, 4.69) is 15.0 Å². The van der Waals surface area contributed by atoms with Crippen LogP contribution in [0.1, 0.15) is 22.5 Å². The highest BCUT2D eigenvalue weighted by Crippen LogP contribution is 3.02. The van der Waals surface area contributed by atoms with Crippen LogP contribution in [0.5, 0.6) is 0 Å². The number of benzene rings is 1. The minimum atomic E-state index is -9.73. The van der Waals surface area contributed by atoms with E-state index in [9.17, 15) is 29.0 Å². The summed E-state index contributed by atoms with van der Waals surface area (Å²) in [6.07, 6.45) is 1.42. The molecular weight excluding hydrogens is 407 g/mol. The number of amides is 1. The van der Waals surface area contributed by atoms with Gasteiger partial charge in [0.25, 0.3) is 5.91 Å².